The fraction of sp³-hybridized carbons (Fsp3) is 0.636. The topological polar surface area (TPSA) is 97.1 Å². The molecule has 1 heterocycles. The first kappa shape index (κ1) is 22.9. The highest BCUT2D eigenvalue weighted by Crippen LogP contribution is 2.35. The van der Waals surface area contributed by atoms with Crippen molar-refractivity contribution >= 4 is 23.2 Å². The molecule has 1 aromatic rings. The first-order valence-electron chi connectivity index (χ1n) is 11.2. The van der Waals surface area contributed by atoms with E-state index in [1.807, 2.05) is 0 Å². The van der Waals surface area contributed by atoms with Crippen molar-refractivity contribution in [2.75, 3.05) is 43.1 Å². The van der Waals surface area contributed by atoms with Gasteiger partial charge < -0.3 is 25.4 Å². The summed E-state index contributed by atoms with van der Waals surface area (Å²) in [5.74, 6) is -0.221. The second-order valence-corrected chi connectivity index (χ2v) is 8.62. The zero-order valence-corrected chi connectivity index (χ0v) is 18.0. The molecule has 1 aliphatic heterocycles. The fourth-order valence-electron chi connectivity index (χ4n) is 4.29. The van der Waals surface area contributed by atoms with Crippen LogP contribution in [0.3, 0.4) is 0 Å². The van der Waals surface area contributed by atoms with Crippen molar-refractivity contribution in [3.8, 4) is 5.75 Å². The Balaban J connectivity index is 1.51. The lowest BCUT2D eigenvalue weighted by Gasteiger charge is -2.36. The summed E-state index contributed by atoms with van der Waals surface area (Å²) in [7, 11) is 0. The molecule has 2 saturated carbocycles. The molecule has 3 aliphatic rings. The molecule has 2 amide bonds. The summed E-state index contributed by atoms with van der Waals surface area (Å²) < 4.78 is 36.0. The molecule has 1 aromatic carbocycles. The number of benzene rings is 1. The maximum Gasteiger partial charge on any atom is 0.387 e. The number of nitrogens with zero attached hydrogens (tertiary/aromatic N) is 2. The minimum absolute atomic E-state index is 0.0697. The van der Waals surface area contributed by atoms with Gasteiger partial charge in [0.1, 0.15) is 12.6 Å². The quantitative estimate of drug-likeness (QED) is 0.565. The highest BCUT2D eigenvalue weighted by atomic mass is 19.3. The maximum atomic E-state index is 13.1. The number of ether oxygens (including phenoxy) is 2. The van der Waals surface area contributed by atoms with Crippen LogP contribution in [-0.2, 0) is 14.3 Å². The lowest BCUT2D eigenvalue weighted by molar-refractivity contribution is -0.125. The number of alkyl halides is 2. The van der Waals surface area contributed by atoms with Gasteiger partial charge in [0.2, 0.25) is 5.91 Å². The zero-order chi connectivity index (χ0) is 22.7. The number of carbonyl (C=O) groups is 2. The van der Waals surface area contributed by atoms with Crippen molar-refractivity contribution < 1.29 is 27.8 Å². The van der Waals surface area contributed by atoms with Crippen molar-refractivity contribution in [3.05, 3.63) is 18.2 Å². The molecule has 8 nitrogen and oxygen atoms in total. The van der Waals surface area contributed by atoms with E-state index in [0.29, 0.717) is 30.8 Å². The molecule has 0 unspecified atom stereocenters. The number of morpholine rings is 1. The van der Waals surface area contributed by atoms with Gasteiger partial charge in [0, 0.05) is 37.4 Å². The lowest BCUT2D eigenvalue weighted by Crippen LogP contribution is -2.51. The van der Waals surface area contributed by atoms with Crippen LogP contribution >= 0.6 is 0 Å². The zero-order valence-electron chi connectivity index (χ0n) is 18.0. The molecule has 10 heteroatoms. The third-order valence-electron chi connectivity index (χ3n) is 6.37. The maximum absolute atomic E-state index is 13.1. The second kappa shape index (κ2) is 10.1. The normalized spacial score (nSPS) is 20.4. The Bertz CT molecular complexity index is 832. The van der Waals surface area contributed by atoms with Crippen LogP contribution in [0.1, 0.15) is 32.1 Å². The van der Waals surface area contributed by atoms with Crippen molar-refractivity contribution in [1.29, 1.82) is 0 Å². The summed E-state index contributed by atoms with van der Waals surface area (Å²) in [4.78, 5) is 28.9. The van der Waals surface area contributed by atoms with Crippen LogP contribution in [0, 0.1) is 5.92 Å². The van der Waals surface area contributed by atoms with Gasteiger partial charge >= 0.3 is 6.61 Å². The van der Waals surface area contributed by atoms with Crippen molar-refractivity contribution in [2.45, 2.75) is 50.8 Å². The number of carbonyl (C=O) groups excluding carboxylic acids is 2. The van der Waals surface area contributed by atoms with Gasteiger partial charge in [-0.3, -0.25) is 14.5 Å². The van der Waals surface area contributed by atoms with E-state index in [1.54, 1.807) is 6.07 Å². The number of halogens is 2. The monoisotopic (exact) mass is 452 g/mol. The Hall–Kier alpha value is -2.30. The van der Waals surface area contributed by atoms with E-state index >= 15 is 0 Å². The van der Waals surface area contributed by atoms with Crippen molar-refractivity contribution in [2.24, 2.45) is 11.7 Å². The Morgan fingerprint density at radius 2 is 2.09 bits per heavy atom. The molecule has 3 N–H and O–H groups in total. The third-order valence-corrected chi connectivity index (χ3v) is 6.37. The van der Waals surface area contributed by atoms with Gasteiger partial charge in [-0.2, -0.15) is 8.78 Å². The number of hydrogen-bond acceptors (Lipinski definition) is 6. The molecule has 0 spiro atoms. The predicted octanol–water partition coefficient (Wildman–Crippen LogP) is 2.18. The van der Waals surface area contributed by atoms with Crippen LogP contribution in [-0.4, -0.2) is 68.3 Å². The molecule has 0 bridgehead atoms. The summed E-state index contributed by atoms with van der Waals surface area (Å²) in [5, 5.41) is 2.73. The minimum Gasteiger partial charge on any atom is -0.433 e. The Labute approximate surface area is 186 Å². The van der Waals surface area contributed by atoms with E-state index < -0.39 is 12.7 Å². The summed E-state index contributed by atoms with van der Waals surface area (Å²) >= 11 is 0. The molecule has 0 aromatic heterocycles. The molecule has 2 aliphatic carbocycles. The van der Waals surface area contributed by atoms with Gasteiger partial charge in [-0.1, -0.05) is 6.42 Å². The second-order valence-electron chi connectivity index (χ2n) is 8.62. The predicted molar refractivity (Wildman–Crippen MR) is 115 cm³/mol. The van der Waals surface area contributed by atoms with Crippen LogP contribution in [0.25, 0.3) is 0 Å². The fourth-order valence-corrected chi connectivity index (χ4v) is 4.29. The van der Waals surface area contributed by atoms with Crippen molar-refractivity contribution in [1.82, 2.24) is 4.90 Å². The van der Waals surface area contributed by atoms with Crippen LogP contribution in [0.4, 0.5) is 20.2 Å². The molecular weight excluding hydrogens is 422 g/mol. The van der Waals surface area contributed by atoms with E-state index in [9.17, 15) is 18.4 Å². The van der Waals surface area contributed by atoms with Gasteiger partial charge in [-0.25, -0.2) is 0 Å². The van der Waals surface area contributed by atoms with E-state index in [-0.39, 0.29) is 36.4 Å². The SMILES string of the molecule is NC[C@H](C(=O)Nc1ccc(N2CCOCC2=O)cc1OC(F)F)N(CC1CCC1)C1CC1. The average molecular weight is 453 g/mol. The van der Waals surface area contributed by atoms with Gasteiger partial charge in [-0.05, 0) is 43.7 Å². The number of nitrogens with one attached hydrogen (secondary N) is 1. The summed E-state index contributed by atoms with van der Waals surface area (Å²) in [6.45, 7) is -1.51. The Morgan fingerprint density at radius 3 is 2.69 bits per heavy atom. The van der Waals surface area contributed by atoms with E-state index in [1.165, 1.54) is 23.5 Å². The molecule has 1 saturated heterocycles. The summed E-state index contributed by atoms with van der Waals surface area (Å²) in [6, 6.07) is 4.23. The van der Waals surface area contributed by atoms with E-state index in [2.05, 4.69) is 15.0 Å². The molecule has 32 heavy (non-hydrogen) atoms. The minimum atomic E-state index is -3.08. The van der Waals surface area contributed by atoms with E-state index in [4.69, 9.17) is 10.5 Å². The molecular formula is C22H30F2N4O4. The number of anilines is 2. The van der Waals surface area contributed by atoms with Crippen LogP contribution in [0.15, 0.2) is 18.2 Å². The first-order valence-corrected chi connectivity index (χ1v) is 11.2. The van der Waals surface area contributed by atoms with Crippen LogP contribution in [0.5, 0.6) is 5.75 Å². The Kier molecular flexibility index (Phi) is 7.22. The summed E-state index contributed by atoms with van der Waals surface area (Å²) in [5.41, 5.74) is 6.51. The van der Waals surface area contributed by atoms with Crippen LogP contribution < -0.4 is 20.7 Å². The van der Waals surface area contributed by atoms with Gasteiger partial charge in [-0.15, -0.1) is 0 Å². The first-order chi connectivity index (χ1) is 15.5. The van der Waals surface area contributed by atoms with Crippen molar-refractivity contribution in [3.63, 3.8) is 0 Å². The molecule has 3 fully saturated rings. The number of hydrogen-bond donors (Lipinski definition) is 2. The molecule has 176 valence electrons. The third kappa shape index (κ3) is 5.36. The Morgan fingerprint density at radius 1 is 1.31 bits per heavy atom. The molecule has 0 radical (unpaired) electrons. The molecule has 4 rings (SSSR count). The lowest BCUT2D eigenvalue weighted by atomic mass is 9.84. The average Bonchev–Trinajstić information content (AvgIpc) is 3.56. The number of rotatable bonds is 10. The van der Waals surface area contributed by atoms with Gasteiger partial charge in [0.05, 0.1) is 12.3 Å². The molecule has 1 atom stereocenters. The standard InChI is InChI=1S/C22H30F2N4O4/c23-22(24)32-19-10-16(27-8-9-31-13-20(27)29)6-7-17(19)26-21(30)18(11-25)28(15-4-5-15)12-14-2-1-3-14/h6-7,10,14-15,18,22H,1-5,8-9,11-13,25H2,(H,26,30)/t18-/m1/s1. The van der Waals surface area contributed by atoms with Crippen LogP contribution in [0.2, 0.25) is 0 Å². The van der Waals surface area contributed by atoms with Gasteiger partial charge in [0.15, 0.2) is 5.75 Å². The largest absolute Gasteiger partial charge is 0.433 e. The van der Waals surface area contributed by atoms with E-state index in [0.717, 1.165) is 32.2 Å². The summed E-state index contributed by atoms with van der Waals surface area (Å²) in [6.07, 6.45) is 5.62. The smallest absolute Gasteiger partial charge is 0.387 e. The highest BCUT2D eigenvalue weighted by Gasteiger charge is 2.39. The van der Waals surface area contributed by atoms with Gasteiger partial charge in [0.25, 0.3) is 5.91 Å². The highest BCUT2D eigenvalue weighted by molar-refractivity contribution is 5.98. The number of nitrogens with two attached hydrogens (primary N) is 1. The number of amides is 2.